The molecule has 0 bridgehead atoms. The molecule has 182 valence electrons. The number of likely N-dealkylation sites (tertiary alicyclic amines) is 1. The van der Waals surface area contributed by atoms with Crippen molar-refractivity contribution in [3.8, 4) is 17.3 Å². The summed E-state index contributed by atoms with van der Waals surface area (Å²) in [7, 11) is 0. The summed E-state index contributed by atoms with van der Waals surface area (Å²) < 4.78 is 6.04. The Balaban J connectivity index is 1.36. The number of nitrogens with zero attached hydrogens (tertiary/aromatic N) is 3. The fraction of sp³-hybridized carbons (Fsp3) is 0.379. The number of aromatic nitrogens is 3. The SMILES string of the molecule is CC(C)COc1ccc(Cl)cc1Cc1cccc(-c2nc3ccc(CN4CCCCC4)cc3[nH]2)n1. The lowest BCUT2D eigenvalue weighted by Crippen LogP contribution is -2.29. The molecule has 0 saturated carbocycles. The van der Waals surface area contributed by atoms with Crippen molar-refractivity contribution >= 4 is 22.6 Å². The fourth-order valence-corrected chi connectivity index (χ4v) is 4.84. The Labute approximate surface area is 212 Å². The van der Waals surface area contributed by atoms with Crippen molar-refractivity contribution in [2.75, 3.05) is 19.7 Å². The summed E-state index contributed by atoms with van der Waals surface area (Å²) in [5.41, 5.74) is 6.17. The molecule has 1 aliphatic rings. The first-order chi connectivity index (χ1) is 17.0. The molecule has 2 aromatic heterocycles. The zero-order chi connectivity index (χ0) is 24.2. The Kier molecular flexibility index (Phi) is 7.35. The van der Waals surface area contributed by atoms with Gasteiger partial charge in [-0.15, -0.1) is 0 Å². The zero-order valence-corrected chi connectivity index (χ0v) is 21.3. The van der Waals surface area contributed by atoms with Gasteiger partial charge in [-0.25, -0.2) is 9.97 Å². The number of benzene rings is 2. The third-order valence-electron chi connectivity index (χ3n) is 6.42. The topological polar surface area (TPSA) is 54.0 Å². The molecule has 0 atom stereocenters. The molecule has 5 nitrogen and oxygen atoms in total. The summed E-state index contributed by atoms with van der Waals surface area (Å²) in [6, 6.07) is 18.4. The van der Waals surface area contributed by atoms with Gasteiger partial charge in [0.1, 0.15) is 11.4 Å². The van der Waals surface area contributed by atoms with E-state index in [0.717, 1.165) is 46.1 Å². The number of imidazole rings is 1. The Hall–Kier alpha value is -2.89. The minimum absolute atomic E-state index is 0.452. The first-order valence-electron chi connectivity index (χ1n) is 12.6. The standard InChI is InChI=1S/C29H33ClN4O/c1-20(2)19-35-28-12-10-23(30)16-22(28)17-24-7-6-8-26(31-24)29-32-25-11-9-21(15-27(25)33-29)18-34-13-4-3-5-14-34/h6-12,15-16,20H,3-5,13-14,17-19H2,1-2H3,(H,32,33). The number of fused-ring (bicyclic) bond motifs is 1. The molecule has 1 N–H and O–H groups in total. The van der Waals surface area contributed by atoms with Crippen LogP contribution >= 0.6 is 11.6 Å². The number of nitrogens with one attached hydrogen (secondary N) is 1. The van der Waals surface area contributed by atoms with E-state index in [4.69, 9.17) is 26.3 Å². The highest BCUT2D eigenvalue weighted by atomic mass is 35.5. The van der Waals surface area contributed by atoms with Crippen molar-refractivity contribution in [3.63, 3.8) is 0 Å². The van der Waals surface area contributed by atoms with Gasteiger partial charge >= 0.3 is 0 Å². The van der Waals surface area contributed by atoms with Crippen molar-refractivity contribution in [3.05, 3.63) is 76.4 Å². The third kappa shape index (κ3) is 6.03. The lowest BCUT2D eigenvalue weighted by atomic mass is 10.1. The average Bonchev–Trinajstić information content (AvgIpc) is 3.28. The van der Waals surface area contributed by atoms with Crippen LogP contribution in [-0.4, -0.2) is 39.5 Å². The molecule has 0 amide bonds. The van der Waals surface area contributed by atoms with Crippen LogP contribution in [-0.2, 0) is 13.0 Å². The normalized spacial score (nSPS) is 14.6. The van der Waals surface area contributed by atoms with Gasteiger partial charge in [0.05, 0.1) is 17.6 Å². The van der Waals surface area contributed by atoms with E-state index in [1.165, 1.54) is 37.9 Å². The smallest absolute Gasteiger partial charge is 0.157 e. The number of H-pyrrole nitrogens is 1. The summed E-state index contributed by atoms with van der Waals surface area (Å²) in [5.74, 6) is 2.10. The van der Waals surface area contributed by atoms with Gasteiger partial charge in [0.25, 0.3) is 0 Å². The molecule has 35 heavy (non-hydrogen) atoms. The second kappa shape index (κ2) is 10.8. The fourth-order valence-electron chi connectivity index (χ4n) is 4.64. The van der Waals surface area contributed by atoms with E-state index in [1.54, 1.807) is 0 Å². The summed E-state index contributed by atoms with van der Waals surface area (Å²) in [6.07, 6.45) is 4.61. The third-order valence-corrected chi connectivity index (χ3v) is 6.65. The molecular weight excluding hydrogens is 456 g/mol. The summed E-state index contributed by atoms with van der Waals surface area (Å²) in [4.78, 5) is 15.8. The van der Waals surface area contributed by atoms with Crippen LogP contribution in [0.4, 0.5) is 0 Å². The predicted molar refractivity (Wildman–Crippen MR) is 143 cm³/mol. The van der Waals surface area contributed by atoms with Crippen LogP contribution in [0.2, 0.25) is 5.02 Å². The zero-order valence-electron chi connectivity index (χ0n) is 20.6. The summed E-state index contributed by atoms with van der Waals surface area (Å²) in [5, 5.41) is 0.700. The molecule has 5 rings (SSSR count). The van der Waals surface area contributed by atoms with Crippen molar-refractivity contribution in [1.29, 1.82) is 0 Å². The molecule has 3 heterocycles. The van der Waals surface area contributed by atoms with Crippen molar-refractivity contribution in [1.82, 2.24) is 19.9 Å². The number of hydrogen-bond acceptors (Lipinski definition) is 4. The van der Waals surface area contributed by atoms with Crippen LogP contribution < -0.4 is 4.74 Å². The Morgan fingerprint density at radius 3 is 2.69 bits per heavy atom. The van der Waals surface area contributed by atoms with Gasteiger partial charge in [-0.05, 0) is 79.9 Å². The van der Waals surface area contributed by atoms with Gasteiger partial charge in [0, 0.05) is 29.2 Å². The number of halogens is 1. The first kappa shape index (κ1) is 23.8. The molecule has 0 unspecified atom stereocenters. The first-order valence-corrected chi connectivity index (χ1v) is 13.0. The molecule has 0 spiro atoms. The summed E-state index contributed by atoms with van der Waals surface area (Å²) in [6.45, 7) is 8.34. The monoisotopic (exact) mass is 488 g/mol. The van der Waals surface area contributed by atoms with Gasteiger partial charge in [-0.3, -0.25) is 4.90 Å². The second-order valence-corrected chi connectivity index (χ2v) is 10.4. The van der Waals surface area contributed by atoms with Crippen molar-refractivity contribution in [2.24, 2.45) is 5.92 Å². The van der Waals surface area contributed by atoms with E-state index >= 15 is 0 Å². The minimum atomic E-state index is 0.452. The van der Waals surface area contributed by atoms with E-state index < -0.39 is 0 Å². The highest BCUT2D eigenvalue weighted by molar-refractivity contribution is 6.30. The van der Waals surface area contributed by atoms with Gasteiger partial charge in [0.2, 0.25) is 0 Å². The van der Waals surface area contributed by atoms with Gasteiger partial charge in [0.15, 0.2) is 5.82 Å². The highest BCUT2D eigenvalue weighted by Gasteiger charge is 2.13. The number of ether oxygens (including phenoxy) is 1. The number of pyridine rings is 1. The number of hydrogen-bond donors (Lipinski definition) is 1. The number of piperidine rings is 1. The molecular formula is C29H33ClN4O. The Morgan fingerprint density at radius 1 is 1.00 bits per heavy atom. The average molecular weight is 489 g/mol. The second-order valence-electron chi connectivity index (χ2n) is 9.92. The van der Waals surface area contributed by atoms with Crippen LogP contribution in [0.5, 0.6) is 5.75 Å². The van der Waals surface area contributed by atoms with E-state index in [1.807, 2.05) is 36.4 Å². The Bertz CT molecular complexity index is 1290. The molecule has 0 radical (unpaired) electrons. The molecule has 1 aliphatic heterocycles. The lowest BCUT2D eigenvalue weighted by molar-refractivity contribution is 0.221. The van der Waals surface area contributed by atoms with E-state index in [0.29, 0.717) is 24.0 Å². The van der Waals surface area contributed by atoms with Gasteiger partial charge < -0.3 is 9.72 Å². The minimum Gasteiger partial charge on any atom is -0.493 e. The maximum Gasteiger partial charge on any atom is 0.157 e. The molecule has 4 aromatic rings. The Morgan fingerprint density at radius 2 is 1.86 bits per heavy atom. The van der Waals surface area contributed by atoms with Crippen LogP contribution in [0.15, 0.2) is 54.6 Å². The van der Waals surface area contributed by atoms with E-state index in [-0.39, 0.29) is 0 Å². The molecule has 0 aliphatic carbocycles. The van der Waals surface area contributed by atoms with Crippen molar-refractivity contribution < 1.29 is 4.74 Å². The van der Waals surface area contributed by atoms with Crippen molar-refractivity contribution in [2.45, 2.75) is 46.1 Å². The molecule has 1 saturated heterocycles. The molecule has 2 aromatic carbocycles. The van der Waals surface area contributed by atoms with Crippen LogP contribution in [0.25, 0.3) is 22.6 Å². The van der Waals surface area contributed by atoms with Crippen LogP contribution in [0.3, 0.4) is 0 Å². The summed E-state index contributed by atoms with van der Waals surface area (Å²) >= 11 is 6.30. The number of rotatable bonds is 8. The van der Waals surface area contributed by atoms with Gasteiger partial charge in [-0.2, -0.15) is 0 Å². The van der Waals surface area contributed by atoms with Gasteiger partial charge in [-0.1, -0.05) is 44.0 Å². The number of aromatic amines is 1. The largest absolute Gasteiger partial charge is 0.493 e. The maximum absolute atomic E-state index is 6.30. The highest BCUT2D eigenvalue weighted by Crippen LogP contribution is 2.27. The van der Waals surface area contributed by atoms with Crippen LogP contribution in [0.1, 0.15) is 49.9 Å². The van der Waals surface area contributed by atoms with E-state index in [2.05, 4.69) is 41.9 Å². The quantitative estimate of drug-likeness (QED) is 0.293. The lowest BCUT2D eigenvalue weighted by Gasteiger charge is -2.26. The predicted octanol–water partition coefficient (Wildman–Crippen LogP) is 6.89. The molecule has 6 heteroatoms. The van der Waals surface area contributed by atoms with E-state index in [9.17, 15) is 0 Å². The van der Waals surface area contributed by atoms with Crippen LogP contribution in [0, 0.1) is 5.92 Å². The molecule has 1 fully saturated rings. The maximum atomic E-state index is 6.30.